The van der Waals surface area contributed by atoms with Gasteiger partial charge in [0.05, 0.1) is 18.9 Å². The minimum absolute atomic E-state index is 0.0485. The molecule has 3 aromatic rings. The third-order valence-electron chi connectivity index (χ3n) is 4.33. The first-order valence-corrected chi connectivity index (χ1v) is 10.8. The number of benzene rings is 1. The number of rotatable bonds is 4. The van der Waals surface area contributed by atoms with Crippen molar-refractivity contribution in [1.82, 2.24) is 0 Å². The number of morpholine rings is 1. The Labute approximate surface area is 169 Å². The van der Waals surface area contributed by atoms with E-state index in [1.807, 2.05) is 34.5 Å². The number of hydrogen-bond donors (Lipinski definition) is 1. The zero-order valence-corrected chi connectivity index (χ0v) is 16.8. The van der Waals surface area contributed by atoms with Gasteiger partial charge in [-0.25, -0.2) is 0 Å². The highest BCUT2D eigenvalue weighted by molar-refractivity contribution is 7.97. The van der Waals surface area contributed by atoms with Crippen LogP contribution in [0.4, 0.5) is 11.6 Å². The second-order valence-electron chi connectivity index (χ2n) is 6.16. The van der Waals surface area contributed by atoms with Crippen LogP contribution in [0.3, 0.4) is 0 Å². The molecule has 6 nitrogen and oxygen atoms in total. The van der Waals surface area contributed by atoms with Gasteiger partial charge in [0.2, 0.25) is 5.43 Å². The van der Waals surface area contributed by atoms with Crippen LogP contribution in [0.15, 0.2) is 44.9 Å². The predicted molar refractivity (Wildman–Crippen MR) is 114 cm³/mol. The van der Waals surface area contributed by atoms with Crippen molar-refractivity contribution in [2.24, 2.45) is 0 Å². The first kappa shape index (κ1) is 18.9. The van der Waals surface area contributed by atoms with E-state index in [9.17, 15) is 9.35 Å². The van der Waals surface area contributed by atoms with E-state index >= 15 is 0 Å². The number of nitrogens with one attached hydrogen (secondary N) is 1. The summed E-state index contributed by atoms with van der Waals surface area (Å²) in [5.74, 6) is 3.19. The van der Waals surface area contributed by atoms with Gasteiger partial charge in [-0.3, -0.25) is 4.79 Å². The molecule has 1 fully saturated rings. The summed E-state index contributed by atoms with van der Waals surface area (Å²) < 4.78 is 26.8. The van der Waals surface area contributed by atoms with Crippen molar-refractivity contribution in [3.8, 4) is 22.3 Å². The fourth-order valence-electron chi connectivity index (χ4n) is 3.04. The molecule has 0 bridgehead atoms. The highest BCUT2D eigenvalue weighted by atomic mass is 32.2. The van der Waals surface area contributed by atoms with Crippen molar-refractivity contribution in [3.05, 3.63) is 45.9 Å². The van der Waals surface area contributed by atoms with E-state index in [2.05, 4.69) is 15.9 Å². The van der Waals surface area contributed by atoms with E-state index in [0.29, 0.717) is 48.2 Å². The molecule has 1 unspecified atom stereocenters. The molecule has 0 saturated carbocycles. The summed E-state index contributed by atoms with van der Waals surface area (Å²) in [4.78, 5) is 14.6. The zero-order chi connectivity index (χ0) is 19.5. The van der Waals surface area contributed by atoms with Crippen molar-refractivity contribution in [3.63, 3.8) is 0 Å². The SMILES string of the molecule is CC#C[S+]([O-])Nc1cccc(-c2csc3c(=O)cc(N4CCOCC4)oc23)c1. The molecule has 1 atom stereocenters. The summed E-state index contributed by atoms with van der Waals surface area (Å²) in [6, 6.07) is 9.05. The standard InChI is InChI=1S/C20H18N2O4S2/c1-2-10-28(24)21-15-5-3-4-14(11-15)16-13-27-20-17(23)12-18(26-19(16)20)22-6-8-25-9-7-22/h3-5,11-13,21H,6-9H2,1H3. The van der Waals surface area contributed by atoms with Crippen molar-refractivity contribution >= 4 is 44.6 Å². The Kier molecular flexibility index (Phi) is 5.59. The molecule has 0 radical (unpaired) electrons. The molecule has 0 aliphatic carbocycles. The molecular weight excluding hydrogens is 396 g/mol. The molecule has 1 N–H and O–H groups in total. The minimum Gasteiger partial charge on any atom is -0.580 e. The third-order valence-corrected chi connectivity index (χ3v) is 6.12. The van der Waals surface area contributed by atoms with Gasteiger partial charge in [0.15, 0.2) is 28.1 Å². The van der Waals surface area contributed by atoms with Crippen LogP contribution >= 0.6 is 11.3 Å². The molecule has 0 amide bonds. The van der Waals surface area contributed by atoms with Crippen LogP contribution in [0, 0.1) is 11.2 Å². The Morgan fingerprint density at radius 2 is 2.11 bits per heavy atom. The molecule has 28 heavy (non-hydrogen) atoms. The van der Waals surface area contributed by atoms with Crippen LogP contribution < -0.4 is 15.1 Å². The molecule has 1 aliphatic rings. The molecule has 1 saturated heterocycles. The fraction of sp³-hybridized carbons (Fsp3) is 0.250. The second-order valence-corrected chi connectivity index (χ2v) is 7.98. The molecule has 2 aromatic heterocycles. The van der Waals surface area contributed by atoms with Gasteiger partial charge >= 0.3 is 0 Å². The molecule has 1 aromatic carbocycles. The van der Waals surface area contributed by atoms with Gasteiger partial charge in [0, 0.05) is 37.0 Å². The number of anilines is 2. The fourth-order valence-corrected chi connectivity index (χ4v) is 4.53. The van der Waals surface area contributed by atoms with Crippen LogP contribution in [-0.4, -0.2) is 30.9 Å². The molecular formula is C20H18N2O4S2. The number of fused-ring (bicyclic) bond motifs is 1. The lowest BCUT2D eigenvalue weighted by Gasteiger charge is -2.27. The summed E-state index contributed by atoms with van der Waals surface area (Å²) >= 11 is -0.0980. The number of nitrogens with zero attached hydrogens (tertiary/aromatic N) is 1. The lowest BCUT2D eigenvalue weighted by Crippen LogP contribution is -2.36. The maximum Gasteiger partial charge on any atom is 0.204 e. The van der Waals surface area contributed by atoms with E-state index in [0.717, 1.165) is 11.1 Å². The normalized spacial score (nSPS) is 15.1. The zero-order valence-electron chi connectivity index (χ0n) is 15.2. The van der Waals surface area contributed by atoms with E-state index in [1.54, 1.807) is 13.0 Å². The van der Waals surface area contributed by atoms with Gasteiger partial charge in [-0.15, -0.1) is 11.3 Å². The summed E-state index contributed by atoms with van der Waals surface area (Å²) in [5, 5.41) is 4.48. The van der Waals surface area contributed by atoms with Crippen molar-refractivity contribution in [1.29, 1.82) is 0 Å². The Morgan fingerprint density at radius 1 is 1.29 bits per heavy atom. The molecule has 0 spiro atoms. The molecule has 3 heterocycles. The van der Waals surface area contributed by atoms with Gasteiger partial charge in [-0.05, 0) is 23.6 Å². The van der Waals surface area contributed by atoms with E-state index in [1.165, 1.54) is 11.3 Å². The maximum atomic E-state index is 12.6. The van der Waals surface area contributed by atoms with Gasteiger partial charge in [0.1, 0.15) is 4.70 Å². The monoisotopic (exact) mass is 414 g/mol. The third kappa shape index (κ3) is 3.88. The number of ether oxygens (including phenoxy) is 1. The van der Waals surface area contributed by atoms with Gasteiger partial charge in [0.25, 0.3) is 0 Å². The smallest absolute Gasteiger partial charge is 0.204 e. The lowest BCUT2D eigenvalue weighted by atomic mass is 10.1. The van der Waals surface area contributed by atoms with Gasteiger partial charge in [-0.1, -0.05) is 12.1 Å². The molecule has 8 heteroatoms. The second kappa shape index (κ2) is 8.29. The Bertz CT molecular complexity index is 1110. The topological polar surface area (TPSA) is 77.8 Å². The first-order chi connectivity index (χ1) is 13.7. The van der Waals surface area contributed by atoms with Crippen LogP contribution in [0.2, 0.25) is 0 Å². The molecule has 144 valence electrons. The summed E-state index contributed by atoms with van der Waals surface area (Å²) in [5.41, 5.74) is 2.92. The summed E-state index contributed by atoms with van der Waals surface area (Å²) in [6.07, 6.45) is 0. The van der Waals surface area contributed by atoms with Gasteiger partial charge in [-0.2, -0.15) is 4.72 Å². The first-order valence-electron chi connectivity index (χ1n) is 8.75. The van der Waals surface area contributed by atoms with Crippen molar-refractivity contribution in [2.45, 2.75) is 6.92 Å². The van der Waals surface area contributed by atoms with Crippen LogP contribution in [0.25, 0.3) is 21.4 Å². The Balaban J connectivity index is 1.73. The minimum atomic E-state index is -1.46. The van der Waals surface area contributed by atoms with E-state index in [-0.39, 0.29) is 5.43 Å². The quantitative estimate of drug-likeness (QED) is 0.521. The Morgan fingerprint density at radius 3 is 2.89 bits per heavy atom. The van der Waals surface area contributed by atoms with Crippen LogP contribution in [0.5, 0.6) is 0 Å². The maximum absolute atomic E-state index is 12.6. The van der Waals surface area contributed by atoms with Crippen LogP contribution in [-0.2, 0) is 16.1 Å². The van der Waals surface area contributed by atoms with Crippen LogP contribution in [0.1, 0.15) is 6.92 Å². The molecule has 4 rings (SSSR count). The Hall–Kier alpha value is -2.44. The highest BCUT2D eigenvalue weighted by Crippen LogP contribution is 2.35. The average Bonchev–Trinajstić information content (AvgIpc) is 3.14. The predicted octanol–water partition coefficient (Wildman–Crippen LogP) is 3.41. The largest absolute Gasteiger partial charge is 0.580 e. The van der Waals surface area contributed by atoms with E-state index < -0.39 is 11.4 Å². The molecule has 1 aliphatic heterocycles. The summed E-state index contributed by atoms with van der Waals surface area (Å²) in [6.45, 7) is 4.25. The number of thiophene rings is 1. The van der Waals surface area contributed by atoms with E-state index in [4.69, 9.17) is 9.15 Å². The lowest BCUT2D eigenvalue weighted by molar-refractivity contribution is 0.121. The van der Waals surface area contributed by atoms with Gasteiger partial charge < -0.3 is 18.6 Å². The van der Waals surface area contributed by atoms with Crippen molar-refractivity contribution < 1.29 is 13.7 Å². The highest BCUT2D eigenvalue weighted by Gasteiger charge is 2.19. The number of hydrogen-bond acceptors (Lipinski definition) is 7. The average molecular weight is 415 g/mol. The van der Waals surface area contributed by atoms with Crippen molar-refractivity contribution in [2.75, 3.05) is 35.9 Å². The summed E-state index contributed by atoms with van der Waals surface area (Å²) in [7, 11) is 0.